The summed E-state index contributed by atoms with van der Waals surface area (Å²) in [4.78, 5) is 21.4. The Balaban J connectivity index is 2.59. The zero-order chi connectivity index (χ0) is 11.5. The van der Waals surface area contributed by atoms with Crippen molar-refractivity contribution in [2.75, 3.05) is 18.0 Å². The van der Waals surface area contributed by atoms with Crippen molar-refractivity contribution in [1.82, 2.24) is 4.98 Å². The zero-order valence-electron chi connectivity index (χ0n) is 8.77. The number of hydrogen-bond donors (Lipinski definition) is 3. The molecule has 0 saturated heterocycles. The molecule has 84 valence electrons. The van der Waals surface area contributed by atoms with Gasteiger partial charge in [-0.15, -0.1) is 0 Å². The SMILES string of the molecule is Cc1ccnc(NCCP(=O)(O)O)c1C. The van der Waals surface area contributed by atoms with Gasteiger partial charge in [0.15, 0.2) is 0 Å². The molecule has 0 spiro atoms. The van der Waals surface area contributed by atoms with Gasteiger partial charge in [0.2, 0.25) is 0 Å². The van der Waals surface area contributed by atoms with Gasteiger partial charge in [-0.1, -0.05) is 0 Å². The van der Waals surface area contributed by atoms with E-state index in [4.69, 9.17) is 9.79 Å². The van der Waals surface area contributed by atoms with Crippen molar-refractivity contribution in [3.05, 3.63) is 23.4 Å². The van der Waals surface area contributed by atoms with Gasteiger partial charge in [-0.25, -0.2) is 4.98 Å². The van der Waals surface area contributed by atoms with E-state index in [0.717, 1.165) is 11.1 Å². The average molecular weight is 230 g/mol. The van der Waals surface area contributed by atoms with Crippen LogP contribution in [-0.2, 0) is 4.57 Å². The molecule has 1 heterocycles. The summed E-state index contributed by atoms with van der Waals surface area (Å²) in [5, 5.41) is 2.91. The van der Waals surface area contributed by atoms with E-state index in [1.807, 2.05) is 19.9 Å². The second kappa shape index (κ2) is 4.75. The summed E-state index contributed by atoms with van der Waals surface area (Å²) in [5.74, 6) is 0.684. The molecule has 0 saturated carbocycles. The largest absolute Gasteiger partial charge is 0.369 e. The molecule has 0 fully saturated rings. The van der Waals surface area contributed by atoms with Crippen LogP contribution in [0.25, 0.3) is 0 Å². The van der Waals surface area contributed by atoms with E-state index in [0.29, 0.717) is 5.82 Å². The van der Waals surface area contributed by atoms with Crippen molar-refractivity contribution < 1.29 is 14.4 Å². The van der Waals surface area contributed by atoms with Gasteiger partial charge in [0, 0.05) is 12.7 Å². The number of rotatable bonds is 4. The molecule has 6 heteroatoms. The first-order valence-electron chi connectivity index (χ1n) is 4.61. The van der Waals surface area contributed by atoms with Crippen LogP contribution in [0.1, 0.15) is 11.1 Å². The molecule has 0 radical (unpaired) electrons. The second-order valence-corrected chi connectivity index (χ2v) is 5.19. The highest BCUT2D eigenvalue weighted by Gasteiger charge is 2.12. The highest BCUT2D eigenvalue weighted by molar-refractivity contribution is 7.51. The maximum atomic E-state index is 10.6. The van der Waals surface area contributed by atoms with Crippen LogP contribution in [-0.4, -0.2) is 27.5 Å². The van der Waals surface area contributed by atoms with Gasteiger partial charge in [0.05, 0.1) is 6.16 Å². The topological polar surface area (TPSA) is 82.5 Å². The molecule has 1 aromatic heterocycles. The van der Waals surface area contributed by atoms with Gasteiger partial charge in [-0.2, -0.15) is 0 Å². The zero-order valence-corrected chi connectivity index (χ0v) is 9.66. The molecular weight excluding hydrogens is 215 g/mol. The van der Waals surface area contributed by atoms with Gasteiger partial charge < -0.3 is 15.1 Å². The molecule has 0 aliphatic rings. The Labute approximate surface area is 88.7 Å². The van der Waals surface area contributed by atoms with Crippen molar-refractivity contribution in [2.24, 2.45) is 0 Å². The summed E-state index contributed by atoms with van der Waals surface area (Å²) in [5.41, 5.74) is 2.10. The van der Waals surface area contributed by atoms with Crippen molar-refractivity contribution in [3.8, 4) is 0 Å². The smallest absolute Gasteiger partial charge is 0.327 e. The quantitative estimate of drug-likeness (QED) is 0.679. The van der Waals surface area contributed by atoms with Crippen LogP contribution in [0.2, 0.25) is 0 Å². The average Bonchev–Trinajstić information content (AvgIpc) is 2.10. The van der Waals surface area contributed by atoms with Crippen LogP contribution in [0, 0.1) is 13.8 Å². The molecule has 5 nitrogen and oxygen atoms in total. The van der Waals surface area contributed by atoms with Crippen LogP contribution < -0.4 is 5.32 Å². The van der Waals surface area contributed by atoms with Gasteiger partial charge in [0.1, 0.15) is 5.82 Å². The number of anilines is 1. The molecule has 0 aliphatic carbocycles. The van der Waals surface area contributed by atoms with Gasteiger partial charge >= 0.3 is 7.60 Å². The maximum Gasteiger partial charge on any atom is 0.327 e. The molecule has 15 heavy (non-hydrogen) atoms. The summed E-state index contributed by atoms with van der Waals surface area (Å²) in [7, 11) is -3.92. The monoisotopic (exact) mass is 230 g/mol. The lowest BCUT2D eigenvalue weighted by Gasteiger charge is -2.10. The molecule has 0 aromatic carbocycles. The highest BCUT2D eigenvalue weighted by atomic mass is 31.2. The lowest BCUT2D eigenvalue weighted by molar-refractivity contribution is 0.374. The third-order valence-electron chi connectivity index (χ3n) is 2.17. The first kappa shape index (κ1) is 12.2. The van der Waals surface area contributed by atoms with E-state index < -0.39 is 7.60 Å². The summed E-state index contributed by atoms with van der Waals surface area (Å²) < 4.78 is 10.6. The standard InChI is InChI=1S/C9H15N2O3P/c1-7-3-4-10-9(8(7)2)11-5-6-15(12,13)14/h3-4H,5-6H2,1-2H3,(H,10,11)(H2,12,13,14). The minimum Gasteiger partial charge on any atom is -0.369 e. The van der Waals surface area contributed by atoms with Crippen molar-refractivity contribution in [1.29, 1.82) is 0 Å². The third kappa shape index (κ3) is 4.00. The molecule has 0 amide bonds. The Kier molecular flexibility index (Phi) is 3.85. The number of aromatic nitrogens is 1. The normalized spacial score (nSPS) is 11.5. The Hall–Kier alpha value is -0.900. The van der Waals surface area contributed by atoms with Crippen LogP contribution >= 0.6 is 7.60 Å². The Morgan fingerprint density at radius 2 is 2.13 bits per heavy atom. The molecule has 1 aromatic rings. The minimum absolute atomic E-state index is 0.179. The second-order valence-electron chi connectivity index (χ2n) is 3.42. The van der Waals surface area contributed by atoms with Crippen molar-refractivity contribution >= 4 is 13.4 Å². The molecular formula is C9H15N2O3P. The van der Waals surface area contributed by atoms with Crippen LogP contribution in [0.4, 0.5) is 5.82 Å². The van der Waals surface area contributed by atoms with Crippen LogP contribution in [0.15, 0.2) is 12.3 Å². The van der Waals surface area contributed by atoms with E-state index >= 15 is 0 Å². The predicted molar refractivity (Wildman–Crippen MR) is 59.1 cm³/mol. The minimum atomic E-state index is -3.92. The van der Waals surface area contributed by atoms with E-state index in [2.05, 4.69) is 10.3 Å². The van der Waals surface area contributed by atoms with Gasteiger partial charge in [-0.05, 0) is 31.0 Å². The predicted octanol–water partition coefficient (Wildman–Crippen LogP) is 1.29. The number of nitrogens with one attached hydrogen (secondary N) is 1. The summed E-state index contributed by atoms with van der Waals surface area (Å²) in [6, 6.07) is 1.89. The van der Waals surface area contributed by atoms with E-state index in [1.54, 1.807) is 6.20 Å². The number of aryl methyl sites for hydroxylation is 1. The highest BCUT2D eigenvalue weighted by Crippen LogP contribution is 2.33. The first-order chi connectivity index (χ1) is 6.90. The fraction of sp³-hybridized carbons (Fsp3) is 0.444. The maximum absolute atomic E-state index is 10.6. The lowest BCUT2D eigenvalue weighted by Crippen LogP contribution is -2.09. The third-order valence-corrected chi connectivity index (χ3v) is 2.98. The Morgan fingerprint density at radius 3 is 2.73 bits per heavy atom. The van der Waals surface area contributed by atoms with Crippen molar-refractivity contribution in [2.45, 2.75) is 13.8 Å². The molecule has 1 rings (SSSR count). The van der Waals surface area contributed by atoms with Crippen LogP contribution in [0.5, 0.6) is 0 Å². The van der Waals surface area contributed by atoms with Gasteiger partial charge in [0.25, 0.3) is 0 Å². The van der Waals surface area contributed by atoms with Gasteiger partial charge in [-0.3, -0.25) is 4.57 Å². The Morgan fingerprint density at radius 1 is 1.47 bits per heavy atom. The lowest BCUT2D eigenvalue weighted by atomic mass is 10.2. The molecule has 3 N–H and O–H groups in total. The molecule has 0 aliphatic heterocycles. The number of pyridine rings is 1. The number of nitrogens with zero attached hydrogens (tertiary/aromatic N) is 1. The summed E-state index contributed by atoms with van der Waals surface area (Å²) in [6.45, 7) is 4.11. The number of hydrogen-bond acceptors (Lipinski definition) is 3. The molecule has 0 bridgehead atoms. The van der Waals surface area contributed by atoms with Crippen molar-refractivity contribution in [3.63, 3.8) is 0 Å². The fourth-order valence-corrected chi connectivity index (χ4v) is 1.53. The Bertz CT molecular complexity index is 389. The first-order valence-corrected chi connectivity index (χ1v) is 6.40. The summed E-state index contributed by atoms with van der Waals surface area (Å²) >= 11 is 0. The molecule has 0 unspecified atom stereocenters. The van der Waals surface area contributed by atoms with E-state index in [-0.39, 0.29) is 12.7 Å². The van der Waals surface area contributed by atoms with Crippen LogP contribution in [0.3, 0.4) is 0 Å². The van der Waals surface area contributed by atoms with E-state index in [1.165, 1.54) is 0 Å². The fourth-order valence-electron chi connectivity index (χ4n) is 1.13. The summed E-state index contributed by atoms with van der Waals surface area (Å²) in [6.07, 6.45) is 1.49. The van der Waals surface area contributed by atoms with E-state index in [9.17, 15) is 4.57 Å². The molecule has 0 atom stereocenters.